The van der Waals surface area contributed by atoms with Gasteiger partial charge in [-0.2, -0.15) is 0 Å². The standard InChI is InChI=1S/C8H13NO2/c1-8(2)4-6(10)5-9(3)7(8)11/h4-5H2,1-3H3. The highest BCUT2D eigenvalue weighted by molar-refractivity contribution is 5.96. The van der Waals surface area contributed by atoms with E-state index in [9.17, 15) is 9.59 Å². The van der Waals surface area contributed by atoms with Gasteiger partial charge >= 0.3 is 0 Å². The Bertz CT molecular complexity index is 208. The maximum Gasteiger partial charge on any atom is 0.228 e. The fourth-order valence-corrected chi connectivity index (χ4v) is 1.48. The minimum absolute atomic E-state index is 0.0668. The second-order valence-corrected chi connectivity index (χ2v) is 3.76. The monoisotopic (exact) mass is 155 g/mol. The summed E-state index contributed by atoms with van der Waals surface area (Å²) in [4.78, 5) is 23.9. The number of ketones is 1. The molecule has 0 saturated carbocycles. The van der Waals surface area contributed by atoms with Crippen molar-refractivity contribution < 1.29 is 9.59 Å². The van der Waals surface area contributed by atoms with Crippen LogP contribution < -0.4 is 0 Å². The average molecular weight is 155 g/mol. The van der Waals surface area contributed by atoms with Crippen LogP contribution in [-0.4, -0.2) is 30.2 Å². The molecule has 0 aromatic carbocycles. The van der Waals surface area contributed by atoms with Crippen LogP contribution in [0.4, 0.5) is 0 Å². The van der Waals surface area contributed by atoms with Gasteiger partial charge in [-0.05, 0) is 0 Å². The molecule has 1 rings (SSSR count). The normalized spacial score (nSPS) is 24.1. The van der Waals surface area contributed by atoms with Gasteiger partial charge in [-0.15, -0.1) is 0 Å². The Morgan fingerprint density at radius 1 is 1.36 bits per heavy atom. The number of hydrogen-bond donors (Lipinski definition) is 0. The van der Waals surface area contributed by atoms with Crippen molar-refractivity contribution in [2.24, 2.45) is 5.41 Å². The molecule has 0 aliphatic carbocycles. The Hall–Kier alpha value is -0.860. The number of likely N-dealkylation sites (N-methyl/N-ethyl adjacent to an activating group) is 1. The summed E-state index contributed by atoms with van der Waals surface area (Å²) < 4.78 is 0. The smallest absolute Gasteiger partial charge is 0.228 e. The van der Waals surface area contributed by atoms with Gasteiger partial charge < -0.3 is 4.90 Å². The van der Waals surface area contributed by atoms with Crippen LogP contribution in [0.3, 0.4) is 0 Å². The average Bonchev–Trinajstić information content (AvgIpc) is 1.81. The number of rotatable bonds is 0. The van der Waals surface area contributed by atoms with Crippen LogP contribution in [0.2, 0.25) is 0 Å². The zero-order valence-electron chi connectivity index (χ0n) is 7.18. The van der Waals surface area contributed by atoms with Crippen molar-refractivity contribution >= 4 is 11.7 Å². The lowest BCUT2D eigenvalue weighted by molar-refractivity contribution is -0.148. The summed E-state index contributed by atoms with van der Waals surface area (Å²) in [5.41, 5.74) is -0.482. The van der Waals surface area contributed by atoms with Crippen LogP contribution in [0.1, 0.15) is 20.3 Å². The number of likely N-dealkylation sites (tertiary alicyclic amines) is 1. The zero-order chi connectivity index (χ0) is 8.65. The van der Waals surface area contributed by atoms with E-state index >= 15 is 0 Å². The lowest BCUT2D eigenvalue weighted by Crippen LogP contribution is -2.47. The predicted molar refractivity (Wildman–Crippen MR) is 41.0 cm³/mol. The SMILES string of the molecule is CN1CC(=O)CC(C)(C)C1=O. The minimum atomic E-state index is -0.482. The number of carbonyl (C=O) groups is 2. The van der Waals surface area contributed by atoms with Gasteiger partial charge in [-0.1, -0.05) is 13.8 Å². The van der Waals surface area contributed by atoms with E-state index in [0.29, 0.717) is 6.42 Å². The van der Waals surface area contributed by atoms with E-state index < -0.39 is 5.41 Å². The third-order valence-corrected chi connectivity index (χ3v) is 1.98. The number of amides is 1. The zero-order valence-corrected chi connectivity index (χ0v) is 7.18. The predicted octanol–water partition coefficient (Wildman–Crippen LogP) is 0.444. The third-order valence-electron chi connectivity index (χ3n) is 1.98. The van der Waals surface area contributed by atoms with E-state index in [1.807, 2.05) is 13.8 Å². The van der Waals surface area contributed by atoms with Gasteiger partial charge in [0.15, 0.2) is 5.78 Å². The lowest BCUT2D eigenvalue weighted by Gasteiger charge is -2.33. The molecule has 1 heterocycles. The van der Waals surface area contributed by atoms with Crippen molar-refractivity contribution in [3.05, 3.63) is 0 Å². The van der Waals surface area contributed by atoms with E-state index in [2.05, 4.69) is 0 Å². The van der Waals surface area contributed by atoms with Crippen molar-refractivity contribution in [3.8, 4) is 0 Å². The van der Waals surface area contributed by atoms with Crippen molar-refractivity contribution in [1.82, 2.24) is 4.90 Å². The molecule has 0 aromatic heterocycles. The van der Waals surface area contributed by atoms with E-state index in [1.165, 1.54) is 4.90 Å². The number of nitrogens with zero attached hydrogens (tertiary/aromatic N) is 1. The summed E-state index contributed by atoms with van der Waals surface area (Å²) >= 11 is 0. The first-order chi connectivity index (χ1) is 4.93. The van der Waals surface area contributed by atoms with Crippen LogP contribution in [0, 0.1) is 5.41 Å². The van der Waals surface area contributed by atoms with Crippen LogP contribution in [0.15, 0.2) is 0 Å². The summed E-state index contributed by atoms with van der Waals surface area (Å²) in [6.07, 6.45) is 0.385. The maximum atomic E-state index is 11.4. The van der Waals surface area contributed by atoms with Crippen molar-refractivity contribution in [1.29, 1.82) is 0 Å². The molecule has 11 heavy (non-hydrogen) atoms. The molecule has 3 nitrogen and oxygen atoms in total. The molecule has 0 aromatic rings. The van der Waals surface area contributed by atoms with Gasteiger partial charge in [-0.3, -0.25) is 9.59 Å². The summed E-state index contributed by atoms with van der Waals surface area (Å²) in [5, 5.41) is 0. The first-order valence-corrected chi connectivity index (χ1v) is 3.71. The second kappa shape index (κ2) is 2.32. The van der Waals surface area contributed by atoms with E-state index in [1.54, 1.807) is 7.05 Å². The highest BCUT2D eigenvalue weighted by Gasteiger charge is 2.37. The number of hydrogen-bond acceptors (Lipinski definition) is 2. The van der Waals surface area contributed by atoms with Gasteiger partial charge in [-0.25, -0.2) is 0 Å². The molecule has 3 heteroatoms. The molecule has 1 aliphatic heterocycles. The highest BCUT2D eigenvalue weighted by Crippen LogP contribution is 2.26. The Kier molecular flexibility index (Phi) is 1.74. The fraction of sp³-hybridized carbons (Fsp3) is 0.750. The molecular weight excluding hydrogens is 142 g/mol. The van der Waals surface area contributed by atoms with Crippen LogP contribution in [0.5, 0.6) is 0 Å². The quantitative estimate of drug-likeness (QED) is 0.509. The molecule has 0 N–H and O–H groups in total. The Morgan fingerprint density at radius 2 is 1.91 bits per heavy atom. The molecule has 1 fully saturated rings. The van der Waals surface area contributed by atoms with Crippen LogP contribution in [-0.2, 0) is 9.59 Å². The fourth-order valence-electron chi connectivity index (χ4n) is 1.48. The number of Topliss-reactive ketones (excluding diaryl/α,β-unsaturated/α-hetero) is 1. The second-order valence-electron chi connectivity index (χ2n) is 3.76. The van der Waals surface area contributed by atoms with Crippen molar-refractivity contribution in [3.63, 3.8) is 0 Å². The number of carbonyl (C=O) groups excluding carboxylic acids is 2. The molecular formula is C8H13NO2. The molecule has 0 atom stereocenters. The molecule has 1 saturated heterocycles. The Morgan fingerprint density at radius 3 is 2.36 bits per heavy atom. The summed E-state index contributed by atoms with van der Waals surface area (Å²) in [7, 11) is 1.67. The minimum Gasteiger partial charge on any atom is -0.338 e. The summed E-state index contributed by atoms with van der Waals surface area (Å²) in [6.45, 7) is 3.90. The largest absolute Gasteiger partial charge is 0.338 e. The molecule has 0 radical (unpaired) electrons. The molecule has 0 unspecified atom stereocenters. The molecule has 0 bridgehead atoms. The summed E-state index contributed by atoms with van der Waals surface area (Å²) in [5.74, 6) is 0.217. The van der Waals surface area contributed by atoms with Crippen molar-refractivity contribution in [2.45, 2.75) is 20.3 Å². The topological polar surface area (TPSA) is 37.4 Å². The first kappa shape index (κ1) is 8.24. The highest BCUT2D eigenvalue weighted by atomic mass is 16.2. The van der Waals surface area contributed by atoms with Crippen LogP contribution >= 0.6 is 0 Å². The van der Waals surface area contributed by atoms with Gasteiger partial charge in [0, 0.05) is 13.5 Å². The third kappa shape index (κ3) is 1.42. The van der Waals surface area contributed by atoms with Crippen molar-refractivity contribution in [2.75, 3.05) is 13.6 Å². The van der Waals surface area contributed by atoms with Gasteiger partial charge in [0.25, 0.3) is 0 Å². The van der Waals surface area contributed by atoms with E-state index in [-0.39, 0.29) is 18.2 Å². The number of piperidine rings is 1. The van der Waals surface area contributed by atoms with Gasteiger partial charge in [0.05, 0.1) is 12.0 Å². The van der Waals surface area contributed by atoms with E-state index in [0.717, 1.165) is 0 Å². The molecule has 1 amide bonds. The van der Waals surface area contributed by atoms with E-state index in [4.69, 9.17) is 0 Å². The molecule has 0 spiro atoms. The Balaban J connectivity index is 2.83. The first-order valence-electron chi connectivity index (χ1n) is 3.71. The maximum absolute atomic E-state index is 11.4. The lowest BCUT2D eigenvalue weighted by atomic mass is 9.83. The Labute approximate surface area is 66.4 Å². The van der Waals surface area contributed by atoms with Gasteiger partial charge in [0.2, 0.25) is 5.91 Å². The van der Waals surface area contributed by atoms with Crippen LogP contribution in [0.25, 0.3) is 0 Å². The molecule has 62 valence electrons. The van der Waals surface area contributed by atoms with Gasteiger partial charge in [0.1, 0.15) is 0 Å². The summed E-state index contributed by atoms with van der Waals surface area (Å²) in [6, 6.07) is 0. The molecule has 1 aliphatic rings.